The highest BCUT2D eigenvalue weighted by Crippen LogP contribution is 2.51. The van der Waals surface area contributed by atoms with Gasteiger partial charge in [-0.1, -0.05) is 116 Å². The number of hydrogen-bond acceptors (Lipinski definition) is 2. The number of amides is 2. The van der Waals surface area contributed by atoms with Gasteiger partial charge in [-0.2, -0.15) is 0 Å². The number of anilines is 1. The quantitative estimate of drug-likeness (QED) is 0.102. The molecular weight excluding hydrogens is 774 g/mol. The summed E-state index contributed by atoms with van der Waals surface area (Å²) in [4.78, 5) is 30.5. The van der Waals surface area contributed by atoms with Crippen molar-refractivity contribution in [3.63, 3.8) is 0 Å². The molecule has 204 valence electrons. The molecule has 0 spiro atoms. The number of imide groups is 1. The van der Waals surface area contributed by atoms with Crippen molar-refractivity contribution in [1.82, 2.24) is 0 Å². The monoisotopic (exact) mass is 793 g/mol. The summed E-state index contributed by atoms with van der Waals surface area (Å²) in [6.45, 7) is 8.38. The number of fused-ring (bicyclic) bond motifs is 2. The number of rotatable bonds is 3. The third-order valence-electron chi connectivity index (χ3n) is 8.30. The first-order chi connectivity index (χ1) is 19.5. The van der Waals surface area contributed by atoms with E-state index in [1.807, 2.05) is 24.3 Å². The zero-order chi connectivity index (χ0) is 29.1. The van der Waals surface area contributed by atoms with Crippen molar-refractivity contribution in [3.05, 3.63) is 94.7 Å². The van der Waals surface area contributed by atoms with E-state index in [9.17, 15) is 9.59 Å². The van der Waals surface area contributed by atoms with Gasteiger partial charge in [0, 0.05) is 39.4 Å². The second-order valence-electron chi connectivity index (χ2n) is 11.3. The van der Waals surface area contributed by atoms with Gasteiger partial charge in [0.25, 0.3) is 11.8 Å². The molecule has 0 unspecified atom stereocenters. The van der Waals surface area contributed by atoms with Crippen LogP contribution in [-0.2, 0) is 0 Å². The van der Waals surface area contributed by atoms with E-state index in [1.54, 1.807) is 0 Å². The van der Waals surface area contributed by atoms with Gasteiger partial charge in [-0.3, -0.25) is 9.59 Å². The van der Waals surface area contributed by atoms with E-state index in [-0.39, 0.29) is 23.7 Å². The zero-order valence-corrected chi connectivity index (χ0v) is 29.0. The Morgan fingerprint density at radius 3 is 1.61 bits per heavy atom. The Labute approximate surface area is 271 Å². The van der Waals surface area contributed by atoms with Gasteiger partial charge in [-0.25, -0.2) is 4.90 Å². The second kappa shape index (κ2) is 9.60. The van der Waals surface area contributed by atoms with Gasteiger partial charge < -0.3 is 0 Å². The summed E-state index contributed by atoms with van der Waals surface area (Å²) in [7, 11) is 0. The Kier molecular flexibility index (Phi) is 6.44. The molecule has 7 heteroatoms. The van der Waals surface area contributed by atoms with Gasteiger partial charge in [0.1, 0.15) is 0 Å². The van der Waals surface area contributed by atoms with Crippen LogP contribution in [0.3, 0.4) is 0 Å². The minimum absolute atomic E-state index is 0.104. The molecule has 0 radical (unpaired) electrons. The summed E-state index contributed by atoms with van der Waals surface area (Å²) < 4.78 is 3.62. The molecule has 0 atom stereocenters. The van der Waals surface area contributed by atoms with E-state index < -0.39 is 0 Å². The van der Waals surface area contributed by atoms with E-state index in [4.69, 9.17) is 0 Å². The largest absolute Gasteiger partial charge is 0.268 e. The van der Waals surface area contributed by atoms with Crippen molar-refractivity contribution in [3.8, 4) is 0 Å². The fraction of sp³-hybridized carbons (Fsp3) is 0.176. The van der Waals surface area contributed by atoms with Crippen molar-refractivity contribution >= 4 is 124 Å². The molecule has 1 aliphatic heterocycles. The number of carbonyl (C=O) groups excluding carboxylic acids is 2. The first-order valence-electron chi connectivity index (χ1n) is 13.4. The second-order valence-corrected chi connectivity index (χ2v) is 14.8. The molecule has 41 heavy (non-hydrogen) atoms. The topological polar surface area (TPSA) is 37.4 Å². The van der Waals surface area contributed by atoms with Crippen molar-refractivity contribution in [2.75, 3.05) is 4.90 Å². The molecule has 0 saturated heterocycles. The maximum atomic E-state index is 14.6. The van der Waals surface area contributed by atoms with Crippen molar-refractivity contribution in [2.24, 2.45) is 0 Å². The first-order valence-corrected chi connectivity index (χ1v) is 16.6. The predicted octanol–water partition coefficient (Wildman–Crippen LogP) is 11.8. The SMILES string of the molecule is CC(C)c1cc(Br)cc(C(C)C)c1N1C(=O)c2cc(Br)c3c4cccc5c(Br)ccc(c6c(Br)cc(c2c36)C1=O)c54. The lowest BCUT2D eigenvalue weighted by Gasteiger charge is -2.33. The third kappa shape index (κ3) is 3.78. The molecule has 1 aliphatic rings. The molecule has 0 saturated carbocycles. The van der Waals surface area contributed by atoms with Gasteiger partial charge in [0.05, 0.1) is 16.8 Å². The zero-order valence-electron chi connectivity index (χ0n) is 22.6. The average molecular weight is 797 g/mol. The summed E-state index contributed by atoms with van der Waals surface area (Å²) in [6, 6.07) is 18.4. The Bertz CT molecular complexity index is 2040. The summed E-state index contributed by atoms with van der Waals surface area (Å²) >= 11 is 15.1. The summed E-state index contributed by atoms with van der Waals surface area (Å²) in [5.41, 5.74) is 3.67. The van der Waals surface area contributed by atoms with Crippen LogP contribution >= 0.6 is 63.7 Å². The van der Waals surface area contributed by atoms with Crippen molar-refractivity contribution < 1.29 is 9.59 Å². The van der Waals surface area contributed by atoms with Gasteiger partial charge in [0.2, 0.25) is 0 Å². The van der Waals surface area contributed by atoms with Crippen LogP contribution in [0.4, 0.5) is 5.69 Å². The van der Waals surface area contributed by atoms with Crippen LogP contribution < -0.4 is 4.90 Å². The third-order valence-corrected chi connectivity index (χ3v) is 10.7. The van der Waals surface area contributed by atoms with Gasteiger partial charge >= 0.3 is 0 Å². The minimum Gasteiger partial charge on any atom is -0.268 e. The van der Waals surface area contributed by atoms with E-state index in [2.05, 4.69) is 122 Å². The number of halogens is 4. The maximum Gasteiger partial charge on any atom is 0.266 e. The highest BCUT2D eigenvalue weighted by atomic mass is 79.9. The van der Waals surface area contributed by atoms with Crippen LogP contribution in [0.2, 0.25) is 0 Å². The predicted molar refractivity (Wildman–Crippen MR) is 184 cm³/mol. The Balaban J connectivity index is 1.64. The highest BCUT2D eigenvalue weighted by Gasteiger charge is 2.39. The van der Waals surface area contributed by atoms with E-state index in [0.29, 0.717) is 22.2 Å². The Hall–Kier alpha value is -2.32. The molecule has 6 aromatic rings. The standard InChI is InChI=1S/C34H23Br4NO2/c1-14(2)20-10-16(35)11-21(15(3)4)32(20)39-33(40)22-12-25(37)29-18-7-5-6-17-24(36)9-8-19(27(17)18)30-26(38)13-23(34(39)41)28(22)31(29)30/h5-15H,1-4H3. The maximum absolute atomic E-state index is 14.6. The molecule has 3 nitrogen and oxygen atoms in total. The van der Waals surface area contributed by atoms with Crippen molar-refractivity contribution in [2.45, 2.75) is 39.5 Å². The van der Waals surface area contributed by atoms with Crippen LogP contribution in [-0.4, -0.2) is 11.8 Å². The Morgan fingerprint density at radius 1 is 0.561 bits per heavy atom. The molecule has 0 aromatic heterocycles. The fourth-order valence-corrected chi connectivity index (χ4v) is 8.78. The minimum atomic E-state index is -0.297. The fourth-order valence-electron chi connectivity index (χ4n) is 6.54. The van der Waals surface area contributed by atoms with Gasteiger partial charge in [-0.15, -0.1) is 0 Å². The van der Waals surface area contributed by atoms with Crippen molar-refractivity contribution in [1.29, 1.82) is 0 Å². The molecule has 7 rings (SSSR count). The molecule has 0 bridgehead atoms. The molecule has 0 aliphatic carbocycles. The first kappa shape index (κ1) is 27.5. The summed E-state index contributed by atoms with van der Waals surface area (Å²) in [6.07, 6.45) is 0. The highest BCUT2D eigenvalue weighted by molar-refractivity contribution is 9.11. The number of benzene rings is 6. The van der Waals surface area contributed by atoms with Crippen LogP contribution in [0.1, 0.15) is 71.4 Å². The van der Waals surface area contributed by atoms with E-state index in [1.165, 1.54) is 4.90 Å². The Morgan fingerprint density at radius 2 is 1.07 bits per heavy atom. The summed E-state index contributed by atoms with van der Waals surface area (Å²) in [5.74, 6) is -0.387. The molecule has 0 fully saturated rings. The molecular formula is C34H23Br4NO2. The summed E-state index contributed by atoms with van der Waals surface area (Å²) in [5, 5.41) is 8.06. The number of hydrogen-bond donors (Lipinski definition) is 0. The molecule has 0 N–H and O–H groups in total. The number of nitrogens with zero attached hydrogens (tertiary/aromatic N) is 1. The molecule has 1 heterocycles. The van der Waals surface area contributed by atoms with Crippen LogP contribution in [0.15, 0.2) is 72.5 Å². The van der Waals surface area contributed by atoms with Crippen LogP contribution in [0.5, 0.6) is 0 Å². The molecule has 2 amide bonds. The lowest BCUT2D eigenvalue weighted by molar-refractivity contribution is 0.0893. The molecule has 6 aromatic carbocycles. The normalized spacial score (nSPS) is 13.9. The van der Waals surface area contributed by atoms with Crippen LogP contribution in [0, 0.1) is 0 Å². The van der Waals surface area contributed by atoms with E-state index >= 15 is 0 Å². The average Bonchev–Trinajstić information content (AvgIpc) is 2.92. The lowest BCUT2D eigenvalue weighted by Crippen LogP contribution is -2.42. The van der Waals surface area contributed by atoms with Crippen LogP contribution in [0.25, 0.3) is 43.1 Å². The van der Waals surface area contributed by atoms with Gasteiger partial charge in [-0.05, 0) is 74.8 Å². The lowest BCUT2D eigenvalue weighted by atomic mass is 9.84. The van der Waals surface area contributed by atoms with E-state index in [0.717, 1.165) is 66.7 Å². The van der Waals surface area contributed by atoms with Gasteiger partial charge in [0.15, 0.2) is 0 Å². The smallest absolute Gasteiger partial charge is 0.266 e. The number of carbonyl (C=O) groups is 2.